The van der Waals surface area contributed by atoms with Crippen LogP contribution in [-0.2, 0) is 13.2 Å². The van der Waals surface area contributed by atoms with Crippen LogP contribution in [0.25, 0.3) is 0 Å². The third kappa shape index (κ3) is 3.91. The minimum absolute atomic E-state index is 0.0174. The van der Waals surface area contributed by atoms with Crippen molar-refractivity contribution in [3.05, 3.63) is 56.8 Å². The number of halogens is 3. The first-order valence-corrected chi connectivity index (χ1v) is 7.85. The Labute approximate surface area is 141 Å². The van der Waals surface area contributed by atoms with E-state index in [1.807, 2.05) is 6.92 Å². The smallest absolute Gasteiger partial charge is 0.162 e. The number of ether oxygens (including phenoxy) is 2. The van der Waals surface area contributed by atoms with Crippen molar-refractivity contribution in [3.63, 3.8) is 0 Å². The van der Waals surface area contributed by atoms with E-state index in [0.29, 0.717) is 33.2 Å². The van der Waals surface area contributed by atoms with Crippen LogP contribution in [-0.4, -0.2) is 11.7 Å². The summed E-state index contributed by atoms with van der Waals surface area (Å²) in [5.41, 5.74) is 0.966. The topological polar surface area (TPSA) is 38.7 Å². The van der Waals surface area contributed by atoms with Crippen molar-refractivity contribution in [2.24, 2.45) is 0 Å². The Hall–Kier alpha value is -1.30. The normalized spacial score (nSPS) is 10.6. The molecular weight excluding hydrogens is 375 g/mol. The van der Waals surface area contributed by atoms with Crippen molar-refractivity contribution < 1.29 is 19.0 Å². The van der Waals surface area contributed by atoms with Gasteiger partial charge in [-0.15, -0.1) is 0 Å². The Kier molecular flexibility index (Phi) is 6.06. The van der Waals surface area contributed by atoms with E-state index < -0.39 is 5.82 Å². The van der Waals surface area contributed by atoms with Gasteiger partial charge >= 0.3 is 0 Å². The van der Waals surface area contributed by atoms with Gasteiger partial charge in [0.05, 0.1) is 18.2 Å². The van der Waals surface area contributed by atoms with Gasteiger partial charge in [0, 0.05) is 10.0 Å². The molecule has 0 saturated carbocycles. The largest absolute Gasteiger partial charge is 0.490 e. The number of rotatable bonds is 6. The zero-order chi connectivity index (χ0) is 16.1. The molecule has 0 aliphatic carbocycles. The predicted molar refractivity (Wildman–Crippen MR) is 87.0 cm³/mol. The molecule has 0 aromatic heterocycles. The molecule has 0 heterocycles. The summed E-state index contributed by atoms with van der Waals surface area (Å²) in [6.07, 6.45) is 0. The highest BCUT2D eigenvalue weighted by Gasteiger charge is 2.13. The molecule has 0 radical (unpaired) electrons. The molecule has 0 aliphatic heterocycles. The van der Waals surface area contributed by atoms with Crippen molar-refractivity contribution in [2.75, 3.05) is 6.61 Å². The van der Waals surface area contributed by atoms with Gasteiger partial charge in [-0.2, -0.15) is 0 Å². The molecule has 2 rings (SSSR count). The Balaban J connectivity index is 2.27. The molecule has 0 spiro atoms. The van der Waals surface area contributed by atoms with E-state index in [1.54, 1.807) is 24.3 Å². The molecule has 2 aromatic rings. The number of benzene rings is 2. The van der Waals surface area contributed by atoms with Gasteiger partial charge in [0.2, 0.25) is 0 Å². The zero-order valence-corrected chi connectivity index (χ0v) is 14.2. The van der Waals surface area contributed by atoms with Crippen LogP contribution in [0.1, 0.15) is 18.1 Å². The summed E-state index contributed by atoms with van der Waals surface area (Å²) >= 11 is 9.33. The first-order valence-electron chi connectivity index (χ1n) is 6.68. The molecule has 0 fully saturated rings. The summed E-state index contributed by atoms with van der Waals surface area (Å²) in [7, 11) is 0. The van der Waals surface area contributed by atoms with Gasteiger partial charge < -0.3 is 14.6 Å². The average Bonchev–Trinajstić information content (AvgIpc) is 2.49. The second kappa shape index (κ2) is 7.81. The number of aliphatic hydroxyl groups is 1. The molecule has 0 saturated heterocycles. The first-order chi connectivity index (χ1) is 10.6. The molecule has 0 unspecified atom stereocenters. The van der Waals surface area contributed by atoms with Crippen LogP contribution in [0.4, 0.5) is 4.39 Å². The maximum Gasteiger partial charge on any atom is 0.162 e. The summed E-state index contributed by atoms with van der Waals surface area (Å²) in [5.74, 6) is 0.518. The number of aliphatic hydroxyl groups excluding tert-OH is 1. The highest BCUT2D eigenvalue weighted by Crippen LogP contribution is 2.35. The molecule has 1 N–H and O–H groups in total. The second-order valence-electron chi connectivity index (χ2n) is 4.47. The molecule has 2 aromatic carbocycles. The fraction of sp³-hybridized carbons (Fsp3) is 0.250. The lowest BCUT2D eigenvalue weighted by atomic mass is 10.2. The van der Waals surface area contributed by atoms with Gasteiger partial charge in [-0.25, -0.2) is 4.39 Å². The van der Waals surface area contributed by atoms with Gasteiger partial charge in [-0.3, -0.25) is 0 Å². The van der Waals surface area contributed by atoms with E-state index in [0.717, 1.165) is 0 Å². The van der Waals surface area contributed by atoms with Crippen LogP contribution in [0.3, 0.4) is 0 Å². The minimum Gasteiger partial charge on any atom is -0.490 e. The van der Waals surface area contributed by atoms with Crippen molar-refractivity contribution in [2.45, 2.75) is 20.1 Å². The molecule has 3 nitrogen and oxygen atoms in total. The van der Waals surface area contributed by atoms with Gasteiger partial charge in [0.25, 0.3) is 0 Å². The van der Waals surface area contributed by atoms with Crippen LogP contribution in [0.2, 0.25) is 5.02 Å². The maximum absolute atomic E-state index is 13.8. The average molecular weight is 390 g/mol. The fourth-order valence-electron chi connectivity index (χ4n) is 1.90. The molecule has 118 valence electrons. The molecule has 22 heavy (non-hydrogen) atoms. The Morgan fingerprint density at radius 2 is 1.95 bits per heavy atom. The van der Waals surface area contributed by atoms with Gasteiger partial charge in [0.15, 0.2) is 11.5 Å². The van der Waals surface area contributed by atoms with E-state index in [4.69, 9.17) is 21.1 Å². The van der Waals surface area contributed by atoms with Gasteiger partial charge in [0.1, 0.15) is 12.4 Å². The molecule has 0 amide bonds. The summed E-state index contributed by atoms with van der Waals surface area (Å²) in [6, 6.07) is 7.85. The van der Waals surface area contributed by atoms with Gasteiger partial charge in [-0.1, -0.05) is 33.6 Å². The highest BCUT2D eigenvalue weighted by atomic mass is 79.9. The van der Waals surface area contributed by atoms with E-state index in [-0.39, 0.29) is 18.8 Å². The molecule has 0 aliphatic rings. The summed E-state index contributed by atoms with van der Waals surface area (Å²) < 4.78 is 25.6. The van der Waals surface area contributed by atoms with E-state index in [1.165, 1.54) is 6.07 Å². The van der Waals surface area contributed by atoms with Crippen LogP contribution < -0.4 is 9.47 Å². The maximum atomic E-state index is 13.8. The SMILES string of the molecule is CCOc1cc(CO)c(Br)cc1OCc1c(F)cccc1Cl. The lowest BCUT2D eigenvalue weighted by Gasteiger charge is -2.15. The second-order valence-corrected chi connectivity index (χ2v) is 5.73. The lowest BCUT2D eigenvalue weighted by Crippen LogP contribution is -2.03. The summed E-state index contributed by atoms with van der Waals surface area (Å²) in [6.45, 7) is 2.15. The Morgan fingerprint density at radius 3 is 2.59 bits per heavy atom. The van der Waals surface area contributed by atoms with E-state index in [9.17, 15) is 9.50 Å². The third-order valence-electron chi connectivity index (χ3n) is 3.02. The number of hydrogen-bond donors (Lipinski definition) is 1. The van der Waals surface area contributed by atoms with Crippen molar-refractivity contribution in [1.29, 1.82) is 0 Å². The fourth-order valence-corrected chi connectivity index (χ4v) is 2.56. The van der Waals surface area contributed by atoms with Crippen LogP contribution in [0.15, 0.2) is 34.8 Å². The monoisotopic (exact) mass is 388 g/mol. The Morgan fingerprint density at radius 1 is 1.23 bits per heavy atom. The summed E-state index contributed by atoms with van der Waals surface area (Å²) in [5, 5.41) is 9.60. The molecule has 0 bridgehead atoms. The zero-order valence-electron chi connectivity index (χ0n) is 11.9. The first kappa shape index (κ1) is 17.1. The van der Waals surface area contributed by atoms with E-state index >= 15 is 0 Å². The Bertz CT molecular complexity index is 644. The van der Waals surface area contributed by atoms with Crippen LogP contribution in [0, 0.1) is 5.82 Å². The molecule has 6 heteroatoms. The van der Waals surface area contributed by atoms with Crippen molar-refractivity contribution in [1.82, 2.24) is 0 Å². The molecule has 0 atom stereocenters. The minimum atomic E-state index is -0.420. The lowest BCUT2D eigenvalue weighted by molar-refractivity contribution is 0.260. The van der Waals surface area contributed by atoms with Crippen LogP contribution >= 0.6 is 27.5 Å². The predicted octanol–water partition coefficient (Wildman–Crippen LogP) is 4.71. The third-order valence-corrected chi connectivity index (χ3v) is 4.11. The van der Waals surface area contributed by atoms with Crippen molar-refractivity contribution >= 4 is 27.5 Å². The van der Waals surface area contributed by atoms with Crippen LogP contribution in [0.5, 0.6) is 11.5 Å². The standard InChI is InChI=1S/C16H15BrClFO3/c1-2-21-15-6-10(8-20)12(17)7-16(15)22-9-11-13(18)4-3-5-14(11)19/h3-7,20H,2,8-9H2,1H3. The highest BCUT2D eigenvalue weighted by molar-refractivity contribution is 9.10. The quantitative estimate of drug-likeness (QED) is 0.777. The van der Waals surface area contributed by atoms with E-state index in [2.05, 4.69) is 15.9 Å². The summed E-state index contributed by atoms with van der Waals surface area (Å²) in [4.78, 5) is 0. The van der Waals surface area contributed by atoms with Gasteiger partial charge in [-0.05, 0) is 36.8 Å². The number of hydrogen-bond acceptors (Lipinski definition) is 3. The molecular formula is C16H15BrClFO3. The van der Waals surface area contributed by atoms with Crippen molar-refractivity contribution in [3.8, 4) is 11.5 Å².